The highest BCUT2D eigenvalue weighted by Crippen LogP contribution is 2.23. The Balaban J connectivity index is 1.83. The van der Waals surface area contributed by atoms with Crippen LogP contribution in [0.4, 0.5) is 0 Å². The minimum atomic E-state index is -0.829. The first-order valence-corrected chi connectivity index (χ1v) is 12.2. The van der Waals surface area contributed by atoms with E-state index in [0.717, 1.165) is 48.6 Å². The van der Waals surface area contributed by atoms with Crippen LogP contribution in [-0.4, -0.2) is 63.2 Å². The van der Waals surface area contributed by atoms with E-state index < -0.39 is 17.9 Å². The van der Waals surface area contributed by atoms with E-state index in [1.807, 2.05) is 30.5 Å². The highest BCUT2D eigenvalue weighted by molar-refractivity contribution is 5.92. The molecule has 1 aliphatic rings. The highest BCUT2D eigenvalue weighted by atomic mass is 16.5. The second-order valence-corrected chi connectivity index (χ2v) is 9.07. The predicted octanol–water partition coefficient (Wildman–Crippen LogP) is 2.27. The number of benzene rings is 1. The van der Waals surface area contributed by atoms with Gasteiger partial charge in [0.2, 0.25) is 17.7 Å². The van der Waals surface area contributed by atoms with Gasteiger partial charge in [-0.05, 0) is 30.9 Å². The number of amides is 3. The number of aromatic amines is 1. The van der Waals surface area contributed by atoms with E-state index in [-0.39, 0.29) is 37.3 Å². The van der Waals surface area contributed by atoms with Gasteiger partial charge in [-0.1, -0.05) is 44.4 Å². The van der Waals surface area contributed by atoms with E-state index in [1.54, 1.807) is 10.4 Å². The normalized spacial score (nSPS) is 17.5. The number of rotatable bonds is 12. The Morgan fingerprint density at radius 1 is 1.24 bits per heavy atom. The largest absolute Gasteiger partial charge is 0.394 e. The molecule has 5 N–H and O–H groups in total. The summed E-state index contributed by atoms with van der Waals surface area (Å²) in [5, 5.41) is 22.6. The standard InChI is InChI=1S/C25H36N4O5/c1-2-3-4-8-17(14-23(31)28-34)24(32)27-22(25(33)29-12-7-9-19(29)16-30)13-18-15-26-21-11-6-5-10-20(18)21/h5-6,10-11,15,17,19,22,26,30,34H,2-4,7-9,12-14,16H2,1H3,(H,27,32)(H,28,31)/t17-,19+,22+/m1/s1. The van der Waals surface area contributed by atoms with Crippen molar-refractivity contribution in [3.63, 3.8) is 0 Å². The molecule has 9 heteroatoms. The van der Waals surface area contributed by atoms with Crippen LogP contribution in [0.15, 0.2) is 30.5 Å². The summed E-state index contributed by atoms with van der Waals surface area (Å²) in [5.74, 6) is -1.88. The Labute approximate surface area is 199 Å². The van der Waals surface area contributed by atoms with E-state index in [0.29, 0.717) is 13.0 Å². The number of hydrogen-bond acceptors (Lipinski definition) is 5. The molecule has 1 saturated heterocycles. The molecule has 0 saturated carbocycles. The van der Waals surface area contributed by atoms with Crippen molar-refractivity contribution in [2.45, 2.75) is 70.4 Å². The summed E-state index contributed by atoms with van der Waals surface area (Å²) >= 11 is 0. The lowest BCUT2D eigenvalue weighted by molar-refractivity contribution is -0.139. The molecule has 3 amide bonds. The molecule has 1 aromatic heterocycles. The van der Waals surface area contributed by atoms with Gasteiger partial charge >= 0.3 is 0 Å². The summed E-state index contributed by atoms with van der Waals surface area (Å²) in [4.78, 5) is 43.5. The second kappa shape index (κ2) is 12.5. The molecule has 0 radical (unpaired) electrons. The van der Waals surface area contributed by atoms with E-state index >= 15 is 0 Å². The van der Waals surface area contributed by atoms with Gasteiger partial charge in [0, 0.05) is 42.4 Å². The van der Waals surface area contributed by atoms with Crippen LogP contribution in [0.3, 0.4) is 0 Å². The zero-order chi connectivity index (χ0) is 24.5. The van der Waals surface area contributed by atoms with Gasteiger partial charge in [0.15, 0.2) is 0 Å². The van der Waals surface area contributed by atoms with Crippen LogP contribution >= 0.6 is 0 Å². The van der Waals surface area contributed by atoms with Crippen molar-refractivity contribution in [1.82, 2.24) is 20.7 Å². The van der Waals surface area contributed by atoms with Crippen molar-refractivity contribution < 1.29 is 24.7 Å². The van der Waals surface area contributed by atoms with Crippen LogP contribution in [0.25, 0.3) is 10.9 Å². The van der Waals surface area contributed by atoms with Gasteiger partial charge in [-0.15, -0.1) is 0 Å². The van der Waals surface area contributed by atoms with Gasteiger partial charge in [-0.25, -0.2) is 5.48 Å². The van der Waals surface area contributed by atoms with Crippen LogP contribution in [0.2, 0.25) is 0 Å². The molecule has 1 fully saturated rings. The number of nitrogens with zero attached hydrogens (tertiary/aromatic N) is 1. The zero-order valence-electron chi connectivity index (χ0n) is 19.8. The average Bonchev–Trinajstić information content (AvgIpc) is 3.49. The van der Waals surface area contributed by atoms with Crippen molar-refractivity contribution >= 4 is 28.6 Å². The Morgan fingerprint density at radius 2 is 2.03 bits per heavy atom. The van der Waals surface area contributed by atoms with E-state index in [2.05, 4.69) is 17.2 Å². The fourth-order valence-electron chi connectivity index (χ4n) is 4.76. The van der Waals surface area contributed by atoms with Crippen LogP contribution in [0, 0.1) is 5.92 Å². The van der Waals surface area contributed by atoms with Crippen LogP contribution < -0.4 is 10.8 Å². The highest BCUT2D eigenvalue weighted by Gasteiger charge is 2.35. The molecule has 0 aliphatic carbocycles. The Kier molecular flexibility index (Phi) is 9.47. The summed E-state index contributed by atoms with van der Waals surface area (Å²) in [6.07, 6.45) is 6.68. The van der Waals surface area contributed by atoms with Crippen molar-refractivity contribution in [3.05, 3.63) is 36.0 Å². The number of likely N-dealkylation sites (tertiary alicyclic amines) is 1. The van der Waals surface area contributed by atoms with Crippen molar-refractivity contribution in [3.8, 4) is 0 Å². The van der Waals surface area contributed by atoms with Crippen molar-refractivity contribution in [1.29, 1.82) is 0 Å². The number of fused-ring (bicyclic) bond motifs is 1. The molecule has 0 unspecified atom stereocenters. The number of hydroxylamine groups is 1. The zero-order valence-corrected chi connectivity index (χ0v) is 19.8. The minimum Gasteiger partial charge on any atom is -0.394 e. The third-order valence-corrected chi connectivity index (χ3v) is 6.67. The second-order valence-electron chi connectivity index (χ2n) is 9.07. The number of unbranched alkanes of at least 4 members (excludes halogenated alkanes) is 2. The molecule has 0 spiro atoms. The van der Waals surface area contributed by atoms with E-state index in [1.165, 1.54) is 0 Å². The fourth-order valence-corrected chi connectivity index (χ4v) is 4.76. The SMILES string of the molecule is CCCCC[C@H](CC(=O)NO)C(=O)N[C@@H](Cc1c[nH]c2ccccc12)C(=O)N1CCC[C@H]1CO. The summed E-state index contributed by atoms with van der Waals surface area (Å²) < 4.78 is 0. The van der Waals surface area contributed by atoms with Crippen molar-refractivity contribution in [2.75, 3.05) is 13.2 Å². The van der Waals surface area contributed by atoms with E-state index in [4.69, 9.17) is 5.21 Å². The number of aliphatic hydroxyl groups is 1. The number of para-hydroxylation sites is 1. The number of hydrogen-bond donors (Lipinski definition) is 5. The molecule has 9 nitrogen and oxygen atoms in total. The molecule has 0 bridgehead atoms. The van der Waals surface area contributed by atoms with Crippen LogP contribution in [0.5, 0.6) is 0 Å². The molecule has 1 aromatic carbocycles. The van der Waals surface area contributed by atoms with Gasteiger partial charge in [0.1, 0.15) is 6.04 Å². The predicted molar refractivity (Wildman–Crippen MR) is 128 cm³/mol. The molecular weight excluding hydrogens is 436 g/mol. The number of nitrogens with one attached hydrogen (secondary N) is 3. The number of aromatic nitrogens is 1. The fraction of sp³-hybridized carbons (Fsp3) is 0.560. The lowest BCUT2D eigenvalue weighted by Crippen LogP contribution is -2.53. The maximum atomic E-state index is 13.5. The van der Waals surface area contributed by atoms with Gasteiger partial charge in [-0.3, -0.25) is 19.6 Å². The van der Waals surface area contributed by atoms with Gasteiger partial charge in [-0.2, -0.15) is 0 Å². The first-order valence-electron chi connectivity index (χ1n) is 12.2. The number of H-pyrrole nitrogens is 1. The smallest absolute Gasteiger partial charge is 0.245 e. The molecule has 2 heterocycles. The quantitative estimate of drug-likeness (QED) is 0.183. The summed E-state index contributed by atoms with van der Waals surface area (Å²) in [6.45, 7) is 2.48. The molecule has 2 aromatic rings. The first kappa shape index (κ1) is 25.7. The maximum Gasteiger partial charge on any atom is 0.245 e. The third-order valence-electron chi connectivity index (χ3n) is 6.67. The Hall–Kier alpha value is -2.91. The van der Waals surface area contributed by atoms with Crippen LogP contribution in [0.1, 0.15) is 57.4 Å². The van der Waals surface area contributed by atoms with Gasteiger partial charge in [0.25, 0.3) is 0 Å². The summed E-state index contributed by atoms with van der Waals surface area (Å²) in [6, 6.07) is 6.69. The number of aliphatic hydroxyl groups excluding tert-OH is 1. The van der Waals surface area contributed by atoms with Gasteiger partial charge < -0.3 is 20.3 Å². The summed E-state index contributed by atoms with van der Waals surface area (Å²) in [5.41, 5.74) is 3.46. The minimum absolute atomic E-state index is 0.115. The number of carbonyl (C=O) groups excluding carboxylic acids is 3. The van der Waals surface area contributed by atoms with E-state index in [9.17, 15) is 19.5 Å². The van der Waals surface area contributed by atoms with Crippen molar-refractivity contribution in [2.24, 2.45) is 5.92 Å². The monoisotopic (exact) mass is 472 g/mol. The topological polar surface area (TPSA) is 135 Å². The molecule has 186 valence electrons. The molecular formula is C25H36N4O5. The molecule has 3 rings (SSSR count). The third kappa shape index (κ3) is 6.36. The van der Waals surface area contributed by atoms with Gasteiger partial charge in [0.05, 0.1) is 12.6 Å². The van der Waals surface area contributed by atoms with Crippen LogP contribution in [-0.2, 0) is 20.8 Å². The average molecular weight is 473 g/mol. The first-order chi connectivity index (χ1) is 16.5. The maximum absolute atomic E-state index is 13.5. The Bertz CT molecular complexity index is 975. The molecule has 1 aliphatic heterocycles. The Morgan fingerprint density at radius 3 is 2.76 bits per heavy atom. The summed E-state index contributed by atoms with van der Waals surface area (Å²) in [7, 11) is 0. The lowest BCUT2D eigenvalue weighted by atomic mass is 9.95. The number of carbonyl (C=O) groups is 3. The molecule has 34 heavy (non-hydrogen) atoms. The lowest BCUT2D eigenvalue weighted by Gasteiger charge is -2.29. The molecule has 3 atom stereocenters.